The molecule has 1 aliphatic carbocycles. The standard InChI is InChI=1S/C23H17F2NO2/c24-19-11-10-18-21(20(19)25)26-22(28)23(18,15-6-8-17(27)9-7-15)16-5-4-13-2-1-3-14(13)12-16/h4-12,27H,1-3H2,(H,26,28). The van der Waals surface area contributed by atoms with Crippen molar-refractivity contribution in [3.8, 4) is 5.75 Å². The fourth-order valence-corrected chi connectivity index (χ4v) is 4.57. The maximum absolute atomic E-state index is 14.5. The zero-order valence-electron chi connectivity index (χ0n) is 14.9. The maximum Gasteiger partial charge on any atom is 0.244 e. The summed E-state index contributed by atoms with van der Waals surface area (Å²) in [5.74, 6) is -2.44. The predicted octanol–water partition coefficient (Wildman–Crippen LogP) is 4.45. The number of phenols is 1. The number of fused-ring (bicyclic) bond motifs is 2. The minimum atomic E-state index is -1.31. The summed E-state index contributed by atoms with van der Waals surface area (Å²) in [6.45, 7) is 0. The van der Waals surface area contributed by atoms with Crippen molar-refractivity contribution in [2.45, 2.75) is 24.7 Å². The number of amides is 1. The average molecular weight is 377 g/mol. The molecule has 1 heterocycles. The Morgan fingerprint density at radius 3 is 2.39 bits per heavy atom. The molecule has 0 aromatic heterocycles. The molecule has 1 aliphatic heterocycles. The highest BCUT2D eigenvalue weighted by molar-refractivity contribution is 6.11. The summed E-state index contributed by atoms with van der Waals surface area (Å²) in [6.07, 6.45) is 3.00. The quantitative estimate of drug-likeness (QED) is 0.693. The molecular weight excluding hydrogens is 360 g/mol. The Morgan fingerprint density at radius 1 is 0.893 bits per heavy atom. The minimum Gasteiger partial charge on any atom is -0.508 e. The van der Waals surface area contributed by atoms with Crippen molar-refractivity contribution < 1.29 is 18.7 Å². The van der Waals surface area contributed by atoms with Gasteiger partial charge in [0, 0.05) is 5.56 Å². The molecule has 3 nitrogen and oxygen atoms in total. The summed E-state index contributed by atoms with van der Waals surface area (Å²) in [5, 5.41) is 12.3. The fraction of sp³-hybridized carbons (Fsp3) is 0.174. The van der Waals surface area contributed by atoms with Gasteiger partial charge in [0.15, 0.2) is 11.6 Å². The van der Waals surface area contributed by atoms with Gasteiger partial charge in [0.05, 0.1) is 5.69 Å². The third kappa shape index (κ3) is 2.16. The van der Waals surface area contributed by atoms with Crippen molar-refractivity contribution in [2.24, 2.45) is 0 Å². The van der Waals surface area contributed by atoms with E-state index in [9.17, 15) is 18.7 Å². The Hall–Kier alpha value is -3.21. The summed E-state index contributed by atoms with van der Waals surface area (Å²) in [4.78, 5) is 13.3. The molecule has 0 bridgehead atoms. The molecule has 0 saturated carbocycles. The van der Waals surface area contributed by atoms with E-state index in [1.807, 2.05) is 18.2 Å². The Morgan fingerprint density at radius 2 is 1.61 bits per heavy atom. The van der Waals surface area contributed by atoms with Crippen molar-refractivity contribution >= 4 is 11.6 Å². The molecule has 0 fully saturated rings. The zero-order chi connectivity index (χ0) is 19.5. The van der Waals surface area contributed by atoms with Gasteiger partial charge >= 0.3 is 0 Å². The van der Waals surface area contributed by atoms with E-state index < -0.39 is 23.0 Å². The average Bonchev–Trinajstić information content (AvgIpc) is 3.27. The molecule has 0 spiro atoms. The largest absolute Gasteiger partial charge is 0.508 e. The first kappa shape index (κ1) is 16.9. The van der Waals surface area contributed by atoms with E-state index in [0.29, 0.717) is 16.7 Å². The highest BCUT2D eigenvalue weighted by Gasteiger charge is 2.51. The molecule has 5 heteroatoms. The predicted molar refractivity (Wildman–Crippen MR) is 101 cm³/mol. The summed E-state index contributed by atoms with van der Waals surface area (Å²) in [7, 11) is 0. The second-order valence-electron chi connectivity index (χ2n) is 7.37. The number of aryl methyl sites for hydroxylation is 2. The maximum atomic E-state index is 14.5. The van der Waals surface area contributed by atoms with E-state index in [-0.39, 0.29) is 11.4 Å². The van der Waals surface area contributed by atoms with Gasteiger partial charge in [-0.25, -0.2) is 8.78 Å². The van der Waals surface area contributed by atoms with Gasteiger partial charge < -0.3 is 10.4 Å². The van der Waals surface area contributed by atoms with Crippen LogP contribution in [0.15, 0.2) is 54.6 Å². The number of nitrogens with one attached hydrogen (secondary N) is 1. The van der Waals surface area contributed by atoms with Crippen LogP contribution < -0.4 is 5.32 Å². The van der Waals surface area contributed by atoms with Gasteiger partial charge in [-0.3, -0.25) is 4.79 Å². The number of benzene rings is 3. The number of rotatable bonds is 2. The van der Waals surface area contributed by atoms with Gasteiger partial charge in [-0.2, -0.15) is 0 Å². The molecule has 2 aliphatic rings. The van der Waals surface area contributed by atoms with E-state index >= 15 is 0 Å². The molecule has 3 aromatic rings. The van der Waals surface area contributed by atoms with E-state index in [2.05, 4.69) is 5.32 Å². The number of hydrogen-bond acceptors (Lipinski definition) is 2. The lowest BCUT2D eigenvalue weighted by molar-refractivity contribution is -0.118. The van der Waals surface area contributed by atoms with Crippen LogP contribution in [0.4, 0.5) is 14.5 Å². The van der Waals surface area contributed by atoms with Crippen LogP contribution in [-0.2, 0) is 23.1 Å². The number of carbonyl (C=O) groups is 1. The van der Waals surface area contributed by atoms with Crippen LogP contribution in [0, 0.1) is 11.6 Å². The first-order chi connectivity index (χ1) is 13.5. The van der Waals surface area contributed by atoms with Gasteiger partial charge in [-0.05, 0) is 59.7 Å². The van der Waals surface area contributed by atoms with Crippen molar-refractivity contribution in [1.29, 1.82) is 0 Å². The smallest absolute Gasteiger partial charge is 0.244 e. The van der Waals surface area contributed by atoms with Crippen LogP contribution in [0.3, 0.4) is 0 Å². The Labute approximate surface area is 160 Å². The molecule has 5 rings (SSSR count). The van der Waals surface area contributed by atoms with Crippen LogP contribution >= 0.6 is 0 Å². The third-order valence-corrected chi connectivity index (χ3v) is 5.91. The number of halogens is 2. The molecule has 0 saturated heterocycles. The van der Waals surface area contributed by atoms with Crippen LogP contribution in [0.1, 0.15) is 34.2 Å². The SMILES string of the molecule is O=C1Nc2c(ccc(F)c2F)C1(c1ccc(O)cc1)c1ccc2c(c1)CCC2. The highest BCUT2D eigenvalue weighted by atomic mass is 19.2. The highest BCUT2D eigenvalue weighted by Crippen LogP contribution is 2.49. The van der Waals surface area contributed by atoms with Crippen molar-refractivity contribution in [3.05, 3.63) is 94.0 Å². The van der Waals surface area contributed by atoms with Crippen molar-refractivity contribution in [1.82, 2.24) is 0 Å². The lowest BCUT2D eigenvalue weighted by Crippen LogP contribution is -2.37. The van der Waals surface area contributed by atoms with Gasteiger partial charge in [0.25, 0.3) is 0 Å². The second-order valence-corrected chi connectivity index (χ2v) is 7.37. The molecule has 1 atom stereocenters. The molecular formula is C23H17F2NO2. The normalized spacial score (nSPS) is 20.0. The van der Waals surface area contributed by atoms with Gasteiger partial charge in [-0.1, -0.05) is 36.4 Å². The van der Waals surface area contributed by atoms with Gasteiger partial charge in [0.2, 0.25) is 5.91 Å². The van der Waals surface area contributed by atoms with E-state index in [0.717, 1.165) is 25.3 Å². The van der Waals surface area contributed by atoms with Gasteiger partial charge in [-0.15, -0.1) is 0 Å². The van der Waals surface area contributed by atoms with Crippen LogP contribution in [-0.4, -0.2) is 11.0 Å². The van der Waals surface area contributed by atoms with E-state index in [1.165, 1.54) is 29.3 Å². The summed E-state index contributed by atoms with van der Waals surface area (Å²) >= 11 is 0. The van der Waals surface area contributed by atoms with Crippen LogP contribution in [0.25, 0.3) is 0 Å². The first-order valence-corrected chi connectivity index (χ1v) is 9.23. The second kappa shape index (κ2) is 5.89. The fourth-order valence-electron chi connectivity index (χ4n) is 4.57. The monoisotopic (exact) mass is 377 g/mol. The Bertz CT molecular complexity index is 1120. The Kier molecular flexibility index (Phi) is 3.56. The van der Waals surface area contributed by atoms with Gasteiger partial charge in [0.1, 0.15) is 11.2 Å². The molecule has 140 valence electrons. The lowest BCUT2D eigenvalue weighted by atomic mass is 9.69. The topological polar surface area (TPSA) is 49.3 Å². The molecule has 1 unspecified atom stereocenters. The number of anilines is 1. The Balaban J connectivity index is 1.84. The zero-order valence-corrected chi connectivity index (χ0v) is 14.9. The van der Waals surface area contributed by atoms with Crippen molar-refractivity contribution in [3.63, 3.8) is 0 Å². The minimum absolute atomic E-state index is 0.0665. The molecule has 0 radical (unpaired) electrons. The number of hydrogen-bond donors (Lipinski definition) is 2. The number of carbonyl (C=O) groups excluding carboxylic acids is 1. The lowest BCUT2D eigenvalue weighted by Gasteiger charge is -2.29. The van der Waals surface area contributed by atoms with Crippen molar-refractivity contribution in [2.75, 3.05) is 5.32 Å². The molecule has 2 N–H and O–H groups in total. The third-order valence-electron chi connectivity index (χ3n) is 5.91. The molecule has 3 aromatic carbocycles. The summed E-state index contributed by atoms with van der Waals surface area (Å²) in [6, 6.07) is 14.7. The number of phenolic OH excluding ortho intramolecular Hbond substituents is 1. The van der Waals surface area contributed by atoms with Crippen LogP contribution in [0.5, 0.6) is 5.75 Å². The van der Waals surface area contributed by atoms with Crippen LogP contribution in [0.2, 0.25) is 0 Å². The van der Waals surface area contributed by atoms with E-state index in [1.54, 1.807) is 12.1 Å². The molecule has 28 heavy (non-hydrogen) atoms. The molecule has 1 amide bonds. The first-order valence-electron chi connectivity index (χ1n) is 9.23. The number of aromatic hydroxyl groups is 1. The summed E-state index contributed by atoms with van der Waals surface area (Å²) in [5.41, 5.74) is 2.67. The van der Waals surface area contributed by atoms with E-state index in [4.69, 9.17) is 0 Å². The summed E-state index contributed by atoms with van der Waals surface area (Å²) < 4.78 is 28.3.